The molecule has 1 aromatic carbocycles. The Hall–Kier alpha value is -1.15. The molecule has 2 nitrogen and oxygen atoms in total. The SMILES string of the molecule is CC(=O)CC(c1ccc(C(C)(C)C)cc1)N1CCCC1. The van der Waals surface area contributed by atoms with Crippen molar-refractivity contribution < 1.29 is 4.79 Å². The molecule has 1 fully saturated rings. The van der Waals surface area contributed by atoms with Gasteiger partial charge in [-0.15, -0.1) is 0 Å². The molecule has 2 rings (SSSR count). The van der Waals surface area contributed by atoms with Crippen molar-refractivity contribution in [2.45, 2.75) is 58.4 Å². The number of Topliss-reactive ketones (excluding diaryl/α,β-unsaturated/α-hetero) is 1. The minimum atomic E-state index is 0.183. The maximum absolute atomic E-state index is 11.6. The highest BCUT2D eigenvalue weighted by molar-refractivity contribution is 5.76. The Kier molecular flexibility index (Phi) is 4.64. The van der Waals surface area contributed by atoms with Crippen LogP contribution in [0, 0.1) is 0 Å². The van der Waals surface area contributed by atoms with E-state index in [9.17, 15) is 4.79 Å². The maximum atomic E-state index is 11.6. The van der Waals surface area contributed by atoms with Gasteiger partial charge in [0, 0.05) is 12.5 Å². The van der Waals surface area contributed by atoms with Crippen molar-refractivity contribution in [2.75, 3.05) is 13.1 Å². The number of hydrogen-bond acceptors (Lipinski definition) is 2. The lowest BCUT2D eigenvalue weighted by molar-refractivity contribution is -0.118. The summed E-state index contributed by atoms with van der Waals surface area (Å²) in [5.41, 5.74) is 2.82. The first-order chi connectivity index (χ1) is 9.38. The zero-order valence-corrected chi connectivity index (χ0v) is 13.3. The molecule has 1 aromatic rings. The topological polar surface area (TPSA) is 20.3 Å². The van der Waals surface area contributed by atoms with Gasteiger partial charge >= 0.3 is 0 Å². The van der Waals surface area contributed by atoms with Crippen molar-refractivity contribution in [1.29, 1.82) is 0 Å². The fourth-order valence-corrected chi connectivity index (χ4v) is 2.99. The van der Waals surface area contributed by atoms with Gasteiger partial charge in [0.25, 0.3) is 0 Å². The number of carbonyl (C=O) groups excluding carboxylic acids is 1. The lowest BCUT2D eigenvalue weighted by atomic mass is 9.86. The summed E-state index contributed by atoms with van der Waals surface area (Å²) in [6.07, 6.45) is 3.15. The average molecular weight is 273 g/mol. The third kappa shape index (κ3) is 3.69. The van der Waals surface area contributed by atoms with Gasteiger partial charge in [0.05, 0.1) is 0 Å². The quantitative estimate of drug-likeness (QED) is 0.823. The van der Waals surface area contributed by atoms with E-state index in [-0.39, 0.29) is 17.2 Å². The lowest BCUT2D eigenvalue weighted by Crippen LogP contribution is -2.27. The van der Waals surface area contributed by atoms with E-state index in [1.807, 2.05) is 0 Å². The highest BCUT2D eigenvalue weighted by Gasteiger charge is 2.25. The van der Waals surface area contributed by atoms with Crippen molar-refractivity contribution in [2.24, 2.45) is 0 Å². The van der Waals surface area contributed by atoms with E-state index in [2.05, 4.69) is 49.9 Å². The predicted molar refractivity (Wildman–Crippen MR) is 84.0 cm³/mol. The standard InChI is InChI=1S/C18H27NO/c1-14(20)13-17(19-11-5-6-12-19)15-7-9-16(10-8-15)18(2,3)4/h7-10,17H,5-6,11-13H2,1-4H3. The number of rotatable bonds is 4. The highest BCUT2D eigenvalue weighted by atomic mass is 16.1. The van der Waals surface area contributed by atoms with Crippen LogP contribution in [0.25, 0.3) is 0 Å². The van der Waals surface area contributed by atoms with Crippen molar-refractivity contribution in [3.05, 3.63) is 35.4 Å². The van der Waals surface area contributed by atoms with Gasteiger partial charge in [0.15, 0.2) is 0 Å². The summed E-state index contributed by atoms with van der Waals surface area (Å²) >= 11 is 0. The van der Waals surface area contributed by atoms with Crippen LogP contribution >= 0.6 is 0 Å². The van der Waals surface area contributed by atoms with Gasteiger partial charge in [0.1, 0.15) is 5.78 Å². The van der Waals surface area contributed by atoms with Crippen LogP contribution in [-0.4, -0.2) is 23.8 Å². The Morgan fingerprint density at radius 1 is 1.15 bits per heavy atom. The molecule has 1 saturated heterocycles. The van der Waals surface area contributed by atoms with Crippen LogP contribution in [0.5, 0.6) is 0 Å². The Balaban J connectivity index is 2.22. The zero-order chi connectivity index (χ0) is 14.8. The molecule has 0 amide bonds. The number of hydrogen-bond donors (Lipinski definition) is 0. The molecule has 0 bridgehead atoms. The van der Waals surface area contributed by atoms with E-state index in [1.54, 1.807) is 6.92 Å². The summed E-state index contributed by atoms with van der Waals surface area (Å²) in [6, 6.07) is 9.14. The molecule has 0 saturated carbocycles. The monoisotopic (exact) mass is 273 g/mol. The van der Waals surface area contributed by atoms with Crippen molar-refractivity contribution in [1.82, 2.24) is 4.90 Å². The second-order valence-corrected chi connectivity index (χ2v) is 7.04. The molecule has 20 heavy (non-hydrogen) atoms. The molecule has 1 atom stereocenters. The lowest BCUT2D eigenvalue weighted by Gasteiger charge is -2.28. The molecule has 2 heteroatoms. The minimum Gasteiger partial charge on any atom is -0.300 e. The van der Waals surface area contributed by atoms with Gasteiger partial charge in [-0.1, -0.05) is 45.0 Å². The van der Waals surface area contributed by atoms with Gasteiger partial charge in [-0.25, -0.2) is 0 Å². The average Bonchev–Trinajstić information content (AvgIpc) is 2.88. The Morgan fingerprint density at radius 3 is 2.15 bits per heavy atom. The molecule has 0 spiro atoms. The highest BCUT2D eigenvalue weighted by Crippen LogP contribution is 2.30. The zero-order valence-electron chi connectivity index (χ0n) is 13.3. The van der Waals surface area contributed by atoms with E-state index in [4.69, 9.17) is 0 Å². The van der Waals surface area contributed by atoms with E-state index < -0.39 is 0 Å². The molecule has 110 valence electrons. The van der Waals surface area contributed by atoms with E-state index >= 15 is 0 Å². The van der Waals surface area contributed by atoms with Crippen LogP contribution in [-0.2, 0) is 10.2 Å². The minimum absolute atomic E-state index is 0.183. The number of nitrogens with zero attached hydrogens (tertiary/aromatic N) is 1. The third-order valence-electron chi connectivity index (χ3n) is 4.22. The fourth-order valence-electron chi connectivity index (χ4n) is 2.99. The third-order valence-corrected chi connectivity index (χ3v) is 4.22. The first-order valence-corrected chi connectivity index (χ1v) is 7.72. The number of carbonyl (C=O) groups is 1. The summed E-state index contributed by atoms with van der Waals surface area (Å²) in [6.45, 7) is 10.6. The normalized spacial score (nSPS) is 18.2. The Morgan fingerprint density at radius 2 is 1.70 bits per heavy atom. The van der Waals surface area contributed by atoms with Gasteiger partial charge in [-0.05, 0) is 49.4 Å². The first kappa shape index (κ1) is 15.2. The molecule has 1 aliphatic heterocycles. The Bertz CT molecular complexity index is 449. The maximum Gasteiger partial charge on any atom is 0.131 e. The molecular formula is C18H27NO. The number of benzene rings is 1. The molecular weight excluding hydrogens is 246 g/mol. The second kappa shape index (κ2) is 6.09. The van der Waals surface area contributed by atoms with Gasteiger partial charge in [-0.3, -0.25) is 9.69 Å². The molecule has 1 unspecified atom stereocenters. The van der Waals surface area contributed by atoms with Gasteiger partial charge in [0.2, 0.25) is 0 Å². The van der Waals surface area contributed by atoms with Crippen LogP contribution in [0.4, 0.5) is 0 Å². The Labute approximate surface area is 123 Å². The fraction of sp³-hybridized carbons (Fsp3) is 0.611. The molecule has 0 aliphatic carbocycles. The summed E-state index contributed by atoms with van der Waals surface area (Å²) < 4.78 is 0. The van der Waals surface area contributed by atoms with Crippen LogP contribution in [0.15, 0.2) is 24.3 Å². The summed E-state index contributed by atoms with van der Waals surface area (Å²) in [7, 11) is 0. The molecule has 1 aliphatic rings. The van der Waals surface area contributed by atoms with Crippen molar-refractivity contribution in [3.8, 4) is 0 Å². The van der Waals surface area contributed by atoms with Crippen LogP contribution in [0.1, 0.15) is 64.1 Å². The van der Waals surface area contributed by atoms with Gasteiger partial charge in [-0.2, -0.15) is 0 Å². The summed E-state index contributed by atoms with van der Waals surface area (Å²) in [5.74, 6) is 0.279. The second-order valence-electron chi connectivity index (χ2n) is 7.04. The van der Waals surface area contributed by atoms with Crippen molar-refractivity contribution in [3.63, 3.8) is 0 Å². The van der Waals surface area contributed by atoms with Crippen molar-refractivity contribution >= 4 is 5.78 Å². The van der Waals surface area contributed by atoms with E-state index in [1.165, 1.54) is 24.0 Å². The van der Waals surface area contributed by atoms with E-state index in [0.29, 0.717) is 6.42 Å². The summed E-state index contributed by atoms with van der Waals surface area (Å²) in [4.78, 5) is 14.0. The molecule has 0 radical (unpaired) electrons. The molecule has 1 heterocycles. The summed E-state index contributed by atoms with van der Waals surface area (Å²) in [5, 5.41) is 0. The van der Waals surface area contributed by atoms with Gasteiger partial charge < -0.3 is 0 Å². The smallest absolute Gasteiger partial charge is 0.131 e. The van der Waals surface area contributed by atoms with Crippen LogP contribution in [0.3, 0.4) is 0 Å². The van der Waals surface area contributed by atoms with E-state index in [0.717, 1.165) is 13.1 Å². The van der Waals surface area contributed by atoms with Crippen LogP contribution in [0.2, 0.25) is 0 Å². The molecule has 0 N–H and O–H groups in total. The number of ketones is 1. The van der Waals surface area contributed by atoms with Crippen LogP contribution < -0.4 is 0 Å². The number of likely N-dealkylation sites (tertiary alicyclic amines) is 1. The first-order valence-electron chi connectivity index (χ1n) is 7.72. The predicted octanol–water partition coefficient (Wildman–Crippen LogP) is 4.10. The largest absolute Gasteiger partial charge is 0.300 e. The molecule has 0 aromatic heterocycles.